The molecule has 1 heterocycles. The Morgan fingerprint density at radius 3 is 2.89 bits per heavy atom. The molecule has 1 aliphatic rings. The van der Waals surface area contributed by atoms with E-state index in [1.165, 1.54) is 23.1 Å². The standard InChI is InChI=1S/C13H11FN2O3/c14-11-2-1-8(3-9(11)5-15)6-16-7-10(13(18)19)4-12(16)17/h1-3,10H,4,6-7H2,(H,18,19). The van der Waals surface area contributed by atoms with Gasteiger partial charge in [0, 0.05) is 19.5 Å². The average Bonchev–Trinajstić information content (AvgIpc) is 2.73. The molecule has 1 unspecified atom stereocenters. The molecule has 0 aromatic heterocycles. The fraction of sp³-hybridized carbons (Fsp3) is 0.308. The molecule has 0 radical (unpaired) electrons. The molecule has 1 aliphatic heterocycles. The number of likely N-dealkylation sites (tertiary alicyclic amines) is 1. The molecule has 1 atom stereocenters. The van der Waals surface area contributed by atoms with Crippen LogP contribution in [-0.4, -0.2) is 28.4 Å². The van der Waals surface area contributed by atoms with E-state index in [9.17, 15) is 14.0 Å². The van der Waals surface area contributed by atoms with Crippen LogP contribution >= 0.6 is 0 Å². The van der Waals surface area contributed by atoms with Crippen molar-refractivity contribution in [3.63, 3.8) is 0 Å². The Kier molecular flexibility index (Phi) is 3.47. The minimum absolute atomic E-state index is 0.0123. The number of amides is 1. The van der Waals surface area contributed by atoms with Gasteiger partial charge in [-0.15, -0.1) is 0 Å². The Bertz CT molecular complexity index is 580. The topological polar surface area (TPSA) is 81.4 Å². The summed E-state index contributed by atoms with van der Waals surface area (Å²) in [5.74, 6) is -2.53. The molecule has 0 spiro atoms. The second-order valence-electron chi connectivity index (χ2n) is 4.44. The quantitative estimate of drug-likeness (QED) is 0.885. The van der Waals surface area contributed by atoms with Gasteiger partial charge in [0.25, 0.3) is 0 Å². The fourth-order valence-electron chi connectivity index (χ4n) is 2.07. The van der Waals surface area contributed by atoms with E-state index in [2.05, 4.69) is 0 Å². The van der Waals surface area contributed by atoms with Gasteiger partial charge in [0.05, 0.1) is 11.5 Å². The number of aliphatic carboxylic acids is 1. The molecule has 1 aromatic rings. The number of carboxylic acid groups (broad SMARTS) is 1. The number of hydrogen-bond acceptors (Lipinski definition) is 3. The Hall–Kier alpha value is -2.42. The number of benzene rings is 1. The molecule has 0 aliphatic carbocycles. The van der Waals surface area contributed by atoms with Crippen LogP contribution in [0.4, 0.5) is 4.39 Å². The highest BCUT2D eigenvalue weighted by Crippen LogP contribution is 2.21. The molecule has 0 saturated carbocycles. The largest absolute Gasteiger partial charge is 0.481 e. The van der Waals surface area contributed by atoms with Crippen LogP contribution in [0.25, 0.3) is 0 Å². The average molecular weight is 262 g/mol. The lowest BCUT2D eigenvalue weighted by molar-refractivity contribution is -0.141. The summed E-state index contributed by atoms with van der Waals surface area (Å²) in [5, 5.41) is 17.6. The van der Waals surface area contributed by atoms with Crippen LogP contribution in [0.5, 0.6) is 0 Å². The van der Waals surface area contributed by atoms with Crippen LogP contribution in [0.15, 0.2) is 18.2 Å². The van der Waals surface area contributed by atoms with Crippen molar-refractivity contribution < 1.29 is 19.1 Å². The highest BCUT2D eigenvalue weighted by atomic mass is 19.1. The number of nitriles is 1. The van der Waals surface area contributed by atoms with Crippen molar-refractivity contribution in [2.45, 2.75) is 13.0 Å². The maximum atomic E-state index is 13.1. The number of hydrogen-bond donors (Lipinski definition) is 1. The van der Waals surface area contributed by atoms with E-state index in [1.54, 1.807) is 6.07 Å². The van der Waals surface area contributed by atoms with Crippen molar-refractivity contribution >= 4 is 11.9 Å². The molecular formula is C13H11FN2O3. The van der Waals surface area contributed by atoms with Crippen LogP contribution in [0.2, 0.25) is 0 Å². The van der Waals surface area contributed by atoms with Crippen molar-refractivity contribution in [3.8, 4) is 6.07 Å². The second-order valence-corrected chi connectivity index (χ2v) is 4.44. The van der Waals surface area contributed by atoms with Crippen LogP contribution in [0, 0.1) is 23.1 Å². The SMILES string of the molecule is N#Cc1cc(CN2CC(C(=O)O)CC2=O)ccc1F. The monoisotopic (exact) mass is 262 g/mol. The number of carbonyl (C=O) groups is 2. The lowest BCUT2D eigenvalue weighted by Gasteiger charge is -2.16. The smallest absolute Gasteiger partial charge is 0.308 e. The van der Waals surface area contributed by atoms with Crippen molar-refractivity contribution in [1.82, 2.24) is 4.90 Å². The number of nitrogens with zero attached hydrogens (tertiary/aromatic N) is 2. The van der Waals surface area contributed by atoms with E-state index in [0.29, 0.717) is 5.56 Å². The van der Waals surface area contributed by atoms with Gasteiger partial charge in [-0.2, -0.15) is 5.26 Å². The first-order valence-corrected chi connectivity index (χ1v) is 5.70. The first-order valence-electron chi connectivity index (χ1n) is 5.70. The number of carbonyl (C=O) groups excluding carboxylic acids is 1. The Labute approximate surface area is 108 Å². The predicted octanol–water partition coefficient (Wildman–Crippen LogP) is 1.13. The summed E-state index contributed by atoms with van der Waals surface area (Å²) < 4.78 is 13.1. The lowest BCUT2D eigenvalue weighted by atomic mass is 10.1. The van der Waals surface area contributed by atoms with Gasteiger partial charge >= 0.3 is 5.97 Å². The van der Waals surface area contributed by atoms with Gasteiger partial charge < -0.3 is 10.0 Å². The Balaban J connectivity index is 2.12. The van der Waals surface area contributed by atoms with Crippen LogP contribution in [0.3, 0.4) is 0 Å². The van der Waals surface area contributed by atoms with E-state index in [4.69, 9.17) is 10.4 Å². The van der Waals surface area contributed by atoms with Gasteiger partial charge in [0.1, 0.15) is 11.9 Å². The highest BCUT2D eigenvalue weighted by molar-refractivity contribution is 5.86. The summed E-state index contributed by atoms with van der Waals surface area (Å²) in [4.78, 5) is 23.9. The third-order valence-corrected chi connectivity index (χ3v) is 3.09. The molecule has 6 heteroatoms. The van der Waals surface area contributed by atoms with E-state index < -0.39 is 17.7 Å². The van der Waals surface area contributed by atoms with Crippen LogP contribution < -0.4 is 0 Å². The minimum atomic E-state index is -0.993. The zero-order valence-corrected chi connectivity index (χ0v) is 9.97. The molecule has 1 N–H and O–H groups in total. The molecule has 1 fully saturated rings. The van der Waals surface area contributed by atoms with Crippen molar-refractivity contribution in [3.05, 3.63) is 35.1 Å². The van der Waals surface area contributed by atoms with E-state index in [-0.39, 0.29) is 31.0 Å². The molecule has 98 valence electrons. The van der Waals surface area contributed by atoms with E-state index >= 15 is 0 Å². The van der Waals surface area contributed by atoms with Crippen molar-refractivity contribution in [2.24, 2.45) is 5.92 Å². The van der Waals surface area contributed by atoms with Gasteiger partial charge in [-0.1, -0.05) is 6.07 Å². The molecule has 1 saturated heterocycles. The molecule has 0 bridgehead atoms. The van der Waals surface area contributed by atoms with E-state index in [1.807, 2.05) is 0 Å². The minimum Gasteiger partial charge on any atom is -0.481 e. The third kappa shape index (κ3) is 2.71. The zero-order valence-electron chi connectivity index (χ0n) is 9.97. The lowest BCUT2D eigenvalue weighted by Crippen LogP contribution is -2.25. The number of rotatable bonds is 3. The molecule has 1 amide bonds. The van der Waals surface area contributed by atoms with Gasteiger partial charge in [0.15, 0.2) is 0 Å². The zero-order chi connectivity index (χ0) is 14.0. The summed E-state index contributed by atoms with van der Waals surface area (Å²) in [5.41, 5.74) is 0.524. The van der Waals surface area contributed by atoms with Gasteiger partial charge in [-0.25, -0.2) is 4.39 Å². The van der Waals surface area contributed by atoms with E-state index in [0.717, 1.165) is 0 Å². The summed E-state index contributed by atoms with van der Waals surface area (Å²) in [6, 6.07) is 5.75. The summed E-state index contributed by atoms with van der Waals surface area (Å²) in [6.07, 6.45) is -0.0123. The maximum Gasteiger partial charge on any atom is 0.308 e. The molecule has 1 aromatic carbocycles. The molecule has 19 heavy (non-hydrogen) atoms. The highest BCUT2D eigenvalue weighted by Gasteiger charge is 2.34. The normalized spacial score (nSPS) is 18.4. The second kappa shape index (κ2) is 5.06. The van der Waals surface area contributed by atoms with Crippen molar-refractivity contribution in [2.75, 3.05) is 6.54 Å². The first kappa shape index (κ1) is 13.0. The third-order valence-electron chi connectivity index (χ3n) is 3.09. The molecular weight excluding hydrogens is 251 g/mol. The van der Waals surface area contributed by atoms with Crippen molar-refractivity contribution in [1.29, 1.82) is 5.26 Å². The number of halogens is 1. The fourth-order valence-corrected chi connectivity index (χ4v) is 2.07. The predicted molar refractivity (Wildman–Crippen MR) is 62.3 cm³/mol. The first-order chi connectivity index (χ1) is 9.01. The van der Waals surface area contributed by atoms with Gasteiger partial charge in [-0.05, 0) is 17.7 Å². The summed E-state index contributed by atoms with van der Waals surface area (Å²) in [6.45, 7) is 0.338. The Morgan fingerprint density at radius 1 is 1.58 bits per heavy atom. The van der Waals surface area contributed by atoms with Crippen LogP contribution in [-0.2, 0) is 16.1 Å². The summed E-state index contributed by atoms with van der Waals surface area (Å²) in [7, 11) is 0. The maximum absolute atomic E-state index is 13.1. The molecule has 2 rings (SSSR count). The van der Waals surface area contributed by atoms with Gasteiger partial charge in [-0.3, -0.25) is 9.59 Å². The van der Waals surface area contributed by atoms with Gasteiger partial charge in [0.2, 0.25) is 5.91 Å². The molecule has 5 nitrogen and oxygen atoms in total. The number of carboxylic acids is 1. The Morgan fingerprint density at radius 2 is 2.32 bits per heavy atom. The van der Waals surface area contributed by atoms with Crippen LogP contribution in [0.1, 0.15) is 17.5 Å². The summed E-state index contributed by atoms with van der Waals surface area (Å²) >= 11 is 0.